The predicted octanol–water partition coefficient (Wildman–Crippen LogP) is 0.00270. The van der Waals surface area contributed by atoms with Gasteiger partial charge in [-0.1, -0.05) is 74.5 Å². The van der Waals surface area contributed by atoms with Crippen LogP contribution in [0.3, 0.4) is 0 Å². The largest absolute Gasteiger partial charge is 0.481 e. The maximum absolute atomic E-state index is 13.4. The summed E-state index contributed by atoms with van der Waals surface area (Å²) in [4.78, 5) is 112. The minimum absolute atomic E-state index is 0.215. The molecule has 0 bridgehead atoms. The highest BCUT2D eigenvalue weighted by atomic mass is 16.5. The maximum atomic E-state index is 13.4. The molecular formula is C33H39N5O13. The number of aliphatic carboxylic acids is 3. The van der Waals surface area contributed by atoms with Gasteiger partial charge in [0.25, 0.3) is 5.91 Å². The molecule has 18 heteroatoms. The summed E-state index contributed by atoms with van der Waals surface area (Å²) in [5, 5.41) is 34.8. The first-order chi connectivity index (χ1) is 24.1. The summed E-state index contributed by atoms with van der Waals surface area (Å²) in [6, 6.07) is 11.5. The summed E-state index contributed by atoms with van der Waals surface area (Å²) >= 11 is 0. The van der Waals surface area contributed by atoms with E-state index in [1.807, 2.05) is 5.43 Å². The van der Waals surface area contributed by atoms with Crippen molar-refractivity contribution >= 4 is 53.4 Å². The molecule has 5 amide bonds. The summed E-state index contributed by atoms with van der Waals surface area (Å²) in [5.41, 5.74) is 3.08. The molecule has 0 saturated carbocycles. The van der Waals surface area contributed by atoms with E-state index < -0.39 is 110 Å². The lowest BCUT2D eigenvalue weighted by Gasteiger charge is -2.28. The van der Waals surface area contributed by atoms with Crippen LogP contribution in [0.4, 0.5) is 4.79 Å². The topological polar surface area (TPSA) is 275 Å². The fraction of sp³-hybridized carbons (Fsp3) is 0.364. The van der Waals surface area contributed by atoms with Crippen LogP contribution in [0, 0.1) is 5.92 Å². The Morgan fingerprint density at radius 1 is 0.686 bits per heavy atom. The molecule has 7 N–H and O–H groups in total. The molecule has 2 rings (SSSR count). The Bertz CT molecular complexity index is 1580. The van der Waals surface area contributed by atoms with Gasteiger partial charge in [0, 0.05) is 12.8 Å². The van der Waals surface area contributed by atoms with Gasteiger partial charge in [0.2, 0.25) is 17.6 Å². The summed E-state index contributed by atoms with van der Waals surface area (Å²) in [6.07, 6.45) is -3.73. The van der Waals surface area contributed by atoms with Crippen molar-refractivity contribution in [1.82, 2.24) is 26.4 Å². The number of carbonyl (C=O) groups excluding carboxylic acids is 6. The number of nitrogens with zero attached hydrogens (tertiary/aromatic N) is 1. The summed E-state index contributed by atoms with van der Waals surface area (Å²) in [7, 11) is 0. The van der Waals surface area contributed by atoms with Crippen molar-refractivity contribution in [3.8, 4) is 0 Å². The summed E-state index contributed by atoms with van der Waals surface area (Å²) in [5.74, 6) is -11.0. The molecule has 51 heavy (non-hydrogen) atoms. The Labute approximate surface area is 291 Å². The van der Waals surface area contributed by atoms with Crippen LogP contribution in [-0.2, 0) is 56.1 Å². The van der Waals surface area contributed by atoms with Crippen LogP contribution in [0.2, 0.25) is 0 Å². The van der Waals surface area contributed by atoms with Crippen molar-refractivity contribution in [3.05, 3.63) is 71.8 Å². The van der Waals surface area contributed by atoms with Gasteiger partial charge in [0.1, 0.15) is 31.3 Å². The number of benzene rings is 2. The van der Waals surface area contributed by atoms with E-state index in [1.54, 1.807) is 60.7 Å². The fourth-order valence-corrected chi connectivity index (χ4v) is 4.40. The molecule has 0 aliphatic heterocycles. The van der Waals surface area contributed by atoms with E-state index in [9.17, 15) is 58.5 Å². The summed E-state index contributed by atoms with van der Waals surface area (Å²) in [6.45, 7) is 1.60. The van der Waals surface area contributed by atoms with Crippen LogP contribution < -0.4 is 21.4 Å². The van der Waals surface area contributed by atoms with Gasteiger partial charge in [0.05, 0.1) is 6.42 Å². The van der Waals surface area contributed by atoms with Gasteiger partial charge in [-0.3, -0.25) is 43.8 Å². The highest BCUT2D eigenvalue weighted by molar-refractivity contribution is 6.36. The minimum atomic E-state index is -1.78. The molecule has 18 nitrogen and oxygen atoms in total. The third-order valence-corrected chi connectivity index (χ3v) is 6.96. The SMILES string of the molecule is CC(C)C(NC(=O)C(CCC(=O)O)NC(=O)C(CC(=O)O)NC(=O)OCc1ccccc1)C(=O)NN(CC(=O)O)C(=O)C(=O)Cc1ccccc1. The number of ether oxygens (including phenoxy) is 1. The summed E-state index contributed by atoms with van der Waals surface area (Å²) < 4.78 is 5.03. The molecule has 0 radical (unpaired) electrons. The van der Waals surface area contributed by atoms with Crippen LogP contribution in [0.5, 0.6) is 0 Å². The zero-order valence-corrected chi connectivity index (χ0v) is 27.7. The molecule has 0 aliphatic rings. The average Bonchev–Trinajstić information content (AvgIpc) is 3.07. The van der Waals surface area contributed by atoms with E-state index in [4.69, 9.17) is 4.74 Å². The van der Waals surface area contributed by atoms with E-state index in [1.165, 1.54) is 13.8 Å². The number of Topliss-reactive ketones (excluding diaryl/α,β-unsaturated/α-hetero) is 1. The molecule has 3 unspecified atom stereocenters. The van der Waals surface area contributed by atoms with Crippen molar-refractivity contribution in [2.45, 2.75) is 64.3 Å². The maximum Gasteiger partial charge on any atom is 0.408 e. The minimum Gasteiger partial charge on any atom is -0.481 e. The number of carbonyl (C=O) groups is 9. The lowest BCUT2D eigenvalue weighted by atomic mass is 10.0. The van der Waals surface area contributed by atoms with Crippen molar-refractivity contribution in [3.63, 3.8) is 0 Å². The first-order valence-electron chi connectivity index (χ1n) is 15.5. The number of hydrogen-bond acceptors (Lipinski definition) is 10. The number of carboxylic acid groups (broad SMARTS) is 3. The van der Waals surface area contributed by atoms with E-state index in [-0.39, 0.29) is 11.6 Å². The second-order valence-corrected chi connectivity index (χ2v) is 11.4. The zero-order valence-electron chi connectivity index (χ0n) is 27.7. The van der Waals surface area contributed by atoms with Gasteiger partial charge in [0.15, 0.2) is 0 Å². The van der Waals surface area contributed by atoms with Gasteiger partial charge in [-0.05, 0) is 23.5 Å². The Morgan fingerprint density at radius 3 is 1.78 bits per heavy atom. The van der Waals surface area contributed by atoms with Crippen LogP contribution in [0.25, 0.3) is 0 Å². The average molecular weight is 714 g/mol. The molecule has 0 aliphatic carbocycles. The van der Waals surface area contributed by atoms with Crippen molar-refractivity contribution in [2.24, 2.45) is 5.92 Å². The second kappa shape index (κ2) is 20.2. The van der Waals surface area contributed by atoms with E-state index in [0.29, 0.717) is 11.1 Å². The highest BCUT2D eigenvalue weighted by Crippen LogP contribution is 2.08. The van der Waals surface area contributed by atoms with E-state index in [2.05, 4.69) is 16.0 Å². The number of alkyl carbamates (subject to hydrolysis) is 1. The number of nitrogens with one attached hydrogen (secondary N) is 4. The lowest BCUT2D eigenvalue weighted by molar-refractivity contribution is -0.154. The third-order valence-electron chi connectivity index (χ3n) is 6.96. The highest BCUT2D eigenvalue weighted by Gasteiger charge is 2.34. The molecule has 3 atom stereocenters. The number of amides is 5. The van der Waals surface area contributed by atoms with Crippen LogP contribution >= 0.6 is 0 Å². The van der Waals surface area contributed by atoms with Crippen LogP contribution in [0.15, 0.2) is 60.7 Å². The third kappa shape index (κ3) is 14.8. The number of hydrazine groups is 1. The van der Waals surface area contributed by atoms with Crippen LogP contribution in [0.1, 0.15) is 44.2 Å². The first kappa shape index (κ1) is 40.8. The lowest BCUT2D eigenvalue weighted by Crippen LogP contribution is -2.60. The molecule has 0 spiro atoms. The molecule has 2 aromatic rings. The van der Waals surface area contributed by atoms with Gasteiger partial charge >= 0.3 is 29.9 Å². The van der Waals surface area contributed by atoms with Gasteiger partial charge < -0.3 is 36.0 Å². The predicted molar refractivity (Wildman–Crippen MR) is 174 cm³/mol. The number of carboxylic acids is 3. The van der Waals surface area contributed by atoms with E-state index >= 15 is 0 Å². The smallest absolute Gasteiger partial charge is 0.408 e. The Morgan fingerprint density at radius 2 is 1.25 bits per heavy atom. The van der Waals surface area contributed by atoms with Crippen LogP contribution in [-0.4, -0.2) is 98.4 Å². The number of ketones is 1. The quantitative estimate of drug-likeness (QED) is 0.0747. The number of rotatable bonds is 19. The van der Waals surface area contributed by atoms with Crippen molar-refractivity contribution < 1.29 is 63.2 Å². The first-order valence-corrected chi connectivity index (χ1v) is 15.5. The van der Waals surface area contributed by atoms with Gasteiger partial charge in [-0.2, -0.15) is 0 Å². The Balaban J connectivity index is 2.20. The molecule has 0 heterocycles. The Hall–Kier alpha value is -6.33. The van der Waals surface area contributed by atoms with Crippen molar-refractivity contribution in [2.75, 3.05) is 6.54 Å². The molecule has 0 fully saturated rings. The van der Waals surface area contributed by atoms with Crippen molar-refractivity contribution in [1.29, 1.82) is 0 Å². The standard InChI is InChI=1S/C33H39N5O13/c1-19(2)28(31(48)37-38(17-27(44)45)32(49)24(39)15-20-9-5-3-6-10-20)36-29(46)22(13-14-25(40)41)34-30(47)23(16-26(42)43)35-33(50)51-18-21-11-7-4-8-12-21/h3-12,19,22-23,28H,13-18H2,1-2H3,(H,34,47)(H,35,50)(H,36,46)(H,37,48)(H,40,41)(H,42,43)(H,44,45). The van der Waals surface area contributed by atoms with E-state index in [0.717, 1.165) is 0 Å². The molecule has 0 saturated heterocycles. The molecule has 0 aromatic heterocycles. The fourth-order valence-electron chi connectivity index (χ4n) is 4.40. The number of hydrogen-bond donors (Lipinski definition) is 7. The molecular weight excluding hydrogens is 674 g/mol. The monoisotopic (exact) mass is 713 g/mol. The Kier molecular flexibility index (Phi) is 16.2. The van der Waals surface area contributed by atoms with Gasteiger partial charge in [-0.15, -0.1) is 0 Å². The zero-order chi connectivity index (χ0) is 38.1. The molecule has 274 valence electrons. The van der Waals surface area contributed by atoms with Gasteiger partial charge in [-0.25, -0.2) is 9.80 Å². The second-order valence-electron chi connectivity index (χ2n) is 11.4. The molecule has 2 aromatic carbocycles. The normalized spacial score (nSPS) is 12.3.